The summed E-state index contributed by atoms with van der Waals surface area (Å²) in [6.45, 7) is 2.72. The monoisotopic (exact) mass is 267 g/mol. The summed E-state index contributed by atoms with van der Waals surface area (Å²) < 4.78 is 0. The Kier molecular flexibility index (Phi) is 4.94. The number of aryl methyl sites for hydroxylation is 2. The third-order valence-corrected chi connectivity index (χ3v) is 3.59. The van der Waals surface area contributed by atoms with Crippen LogP contribution in [0.4, 0.5) is 0 Å². The highest BCUT2D eigenvalue weighted by Crippen LogP contribution is 2.14. The molecule has 0 aromatic heterocycles. The van der Waals surface area contributed by atoms with Crippen LogP contribution in [0, 0.1) is 0 Å². The fraction of sp³-hybridized carbons (Fsp3) is 0.278. The van der Waals surface area contributed by atoms with E-state index in [0.29, 0.717) is 0 Å². The van der Waals surface area contributed by atoms with Crippen molar-refractivity contribution in [1.82, 2.24) is 4.90 Å². The summed E-state index contributed by atoms with van der Waals surface area (Å²) >= 11 is 0. The van der Waals surface area contributed by atoms with Gasteiger partial charge in [0.2, 0.25) is 0 Å². The molecule has 2 nitrogen and oxygen atoms in total. The fourth-order valence-electron chi connectivity index (χ4n) is 2.22. The number of rotatable bonds is 5. The van der Waals surface area contributed by atoms with Crippen LogP contribution in [0.3, 0.4) is 0 Å². The highest BCUT2D eigenvalue weighted by Gasteiger charge is 2.13. The number of amides is 1. The molecule has 104 valence electrons. The highest BCUT2D eigenvalue weighted by molar-refractivity contribution is 5.95. The lowest BCUT2D eigenvalue weighted by Gasteiger charge is -2.17. The minimum Gasteiger partial charge on any atom is -0.342 e. The second-order valence-corrected chi connectivity index (χ2v) is 4.96. The zero-order valence-electron chi connectivity index (χ0n) is 12.2. The average molecular weight is 267 g/mol. The van der Waals surface area contributed by atoms with Crippen molar-refractivity contribution >= 4 is 5.91 Å². The largest absolute Gasteiger partial charge is 0.342 e. The molecule has 2 heteroatoms. The van der Waals surface area contributed by atoms with Gasteiger partial charge in [0.05, 0.1) is 0 Å². The Balaban J connectivity index is 2.14. The lowest BCUT2D eigenvalue weighted by Crippen LogP contribution is -2.27. The first-order chi connectivity index (χ1) is 9.72. The number of hydrogen-bond acceptors (Lipinski definition) is 1. The van der Waals surface area contributed by atoms with E-state index in [0.717, 1.165) is 30.5 Å². The molecule has 2 aromatic carbocycles. The third-order valence-electron chi connectivity index (χ3n) is 3.59. The third kappa shape index (κ3) is 3.47. The van der Waals surface area contributed by atoms with Crippen molar-refractivity contribution in [1.29, 1.82) is 0 Å². The normalized spacial score (nSPS) is 10.3. The topological polar surface area (TPSA) is 20.3 Å². The predicted molar refractivity (Wildman–Crippen MR) is 82.9 cm³/mol. The molecule has 0 aliphatic rings. The Morgan fingerprint density at radius 3 is 2.30 bits per heavy atom. The van der Waals surface area contributed by atoms with Crippen molar-refractivity contribution in [3.63, 3.8) is 0 Å². The Morgan fingerprint density at radius 2 is 1.60 bits per heavy atom. The van der Waals surface area contributed by atoms with Gasteiger partial charge in [-0.05, 0) is 37.0 Å². The number of hydrogen-bond donors (Lipinski definition) is 0. The van der Waals surface area contributed by atoms with E-state index in [1.807, 2.05) is 38.2 Å². The fourth-order valence-corrected chi connectivity index (χ4v) is 2.22. The molecule has 1 amide bonds. The molecular weight excluding hydrogens is 246 g/mol. The molecule has 0 unspecified atom stereocenters. The van der Waals surface area contributed by atoms with E-state index in [2.05, 4.69) is 30.3 Å². The van der Waals surface area contributed by atoms with Crippen molar-refractivity contribution in [3.8, 4) is 0 Å². The Morgan fingerprint density at radius 1 is 0.950 bits per heavy atom. The van der Waals surface area contributed by atoms with Gasteiger partial charge in [-0.25, -0.2) is 0 Å². The van der Waals surface area contributed by atoms with Gasteiger partial charge >= 0.3 is 0 Å². The maximum atomic E-state index is 12.3. The molecule has 0 saturated heterocycles. The molecule has 2 rings (SSSR count). The Labute approximate surface area is 121 Å². The standard InChI is InChI=1S/C18H21NO/c1-3-19(2)18(20)17-12-8-7-11-16(17)14-13-15-9-5-4-6-10-15/h4-12H,3,13-14H2,1-2H3. The molecule has 0 saturated carbocycles. The summed E-state index contributed by atoms with van der Waals surface area (Å²) in [5, 5.41) is 0. The molecule has 20 heavy (non-hydrogen) atoms. The van der Waals surface area contributed by atoms with Crippen molar-refractivity contribution in [2.45, 2.75) is 19.8 Å². The second kappa shape index (κ2) is 6.90. The van der Waals surface area contributed by atoms with Gasteiger partial charge in [-0.3, -0.25) is 4.79 Å². The van der Waals surface area contributed by atoms with Gasteiger partial charge < -0.3 is 4.90 Å². The van der Waals surface area contributed by atoms with Gasteiger partial charge in [0, 0.05) is 19.2 Å². The molecular formula is C18H21NO. The maximum absolute atomic E-state index is 12.3. The zero-order valence-corrected chi connectivity index (χ0v) is 12.2. The van der Waals surface area contributed by atoms with E-state index in [4.69, 9.17) is 0 Å². The van der Waals surface area contributed by atoms with Crippen LogP contribution < -0.4 is 0 Å². The van der Waals surface area contributed by atoms with Gasteiger partial charge in [-0.1, -0.05) is 48.5 Å². The van der Waals surface area contributed by atoms with Crippen LogP contribution in [0.2, 0.25) is 0 Å². The molecule has 0 heterocycles. The van der Waals surface area contributed by atoms with Crippen molar-refractivity contribution in [3.05, 3.63) is 71.3 Å². The first-order valence-corrected chi connectivity index (χ1v) is 7.09. The van der Waals surface area contributed by atoms with Crippen LogP contribution in [-0.2, 0) is 12.8 Å². The number of carbonyl (C=O) groups is 1. The van der Waals surface area contributed by atoms with E-state index in [1.54, 1.807) is 4.90 Å². The van der Waals surface area contributed by atoms with Gasteiger partial charge in [0.1, 0.15) is 0 Å². The van der Waals surface area contributed by atoms with Crippen LogP contribution in [-0.4, -0.2) is 24.4 Å². The molecule has 0 aliphatic heterocycles. The van der Waals surface area contributed by atoms with E-state index < -0.39 is 0 Å². The quantitative estimate of drug-likeness (QED) is 0.811. The van der Waals surface area contributed by atoms with Crippen molar-refractivity contribution in [2.75, 3.05) is 13.6 Å². The molecule has 0 radical (unpaired) electrons. The molecule has 0 N–H and O–H groups in total. The number of carbonyl (C=O) groups excluding carboxylic acids is 1. The lowest BCUT2D eigenvalue weighted by atomic mass is 9.99. The Hall–Kier alpha value is -2.09. The van der Waals surface area contributed by atoms with Gasteiger partial charge in [0.25, 0.3) is 5.91 Å². The van der Waals surface area contributed by atoms with Gasteiger partial charge in [-0.2, -0.15) is 0 Å². The summed E-state index contributed by atoms with van der Waals surface area (Å²) in [7, 11) is 1.84. The minimum atomic E-state index is 0.108. The summed E-state index contributed by atoms with van der Waals surface area (Å²) in [5.74, 6) is 0.108. The molecule has 2 aromatic rings. The lowest BCUT2D eigenvalue weighted by molar-refractivity contribution is 0.0801. The summed E-state index contributed by atoms with van der Waals surface area (Å²) in [6, 6.07) is 18.3. The molecule has 0 bridgehead atoms. The molecule has 0 atom stereocenters. The van der Waals surface area contributed by atoms with Crippen LogP contribution in [0.25, 0.3) is 0 Å². The maximum Gasteiger partial charge on any atom is 0.253 e. The summed E-state index contributed by atoms with van der Waals surface area (Å²) in [5.41, 5.74) is 3.26. The van der Waals surface area contributed by atoms with E-state index >= 15 is 0 Å². The Bertz CT molecular complexity index is 563. The van der Waals surface area contributed by atoms with Gasteiger partial charge in [-0.15, -0.1) is 0 Å². The smallest absolute Gasteiger partial charge is 0.253 e. The van der Waals surface area contributed by atoms with Crippen LogP contribution in [0.1, 0.15) is 28.4 Å². The first-order valence-electron chi connectivity index (χ1n) is 7.09. The number of benzene rings is 2. The highest BCUT2D eigenvalue weighted by atomic mass is 16.2. The second-order valence-electron chi connectivity index (χ2n) is 4.96. The van der Waals surface area contributed by atoms with E-state index in [1.165, 1.54) is 5.56 Å². The molecule has 0 fully saturated rings. The van der Waals surface area contributed by atoms with Crippen LogP contribution >= 0.6 is 0 Å². The van der Waals surface area contributed by atoms with E-state index in [9.17, 15) is 4.79 Å². The molecule has 0 spiro atoms. The van der Waals surface area contributed by atoms with Gasteiger partial charge in [0.15, 0.2) is 0 Å². The minimum absolute atomic E-state index is 0.108. The van der Waals surface area contributed by atoms with Crippen LogP contribution in [0.15, 0.2) is 54.6 Å². The zero-order chi connectivity index (χ0) is 14.4. The summed E-state index contributed by atoms with van der Waals surface area (Å²) in [4.78, 5) is 14.1. The number of nitrogens with zero attached hydrogens (tertiary/aromatic N) is 1. The average Bonchev–Trinajstić information content (AvgIpc) is 2.52. The SMILES string of the molecule is CCN(C)C(=O)c1ccccc1CCc1ccccc1. The predicted octanol–water partition coefficient (Wildman–Crippen LogP) is 3.56. The van der Waals surface area contributed by atoms with Crippen molar-refractivity contribution < 1.29 is 4.79 Å². The first kappa shape index (κ1) is 14.3. The van der Waals surface area contributed by atoms with Crippen molar-refractivity contribution in [2.24, 2.45) is 0 Å². The van der Waals surface area contributed by atoms with E-state index in [-0.39, 0.29) is 5.91 Å². The van der Waals surface area contributed by atoms with Crippen LogP contribution in [0.5, 0.6) is 0 Å². The molecule has 0 aliphatic carbocycles. The summed E-state index contributed by atoms with van der Waals surface area (Å²) in [6.07, 6.45) is 1.85.